The molecule has 0 saturated carbocycles. The monoisotopic (exact) mass is 468 g/mol. The fourth-order valence-corrected chi connectivity index (χ4v) is 4.18. The van der Waals surface area contributed by atoms with Crippen molar-refractivity contribution in [2.45, 2.75) is 19.4 Å². The van der Waals surface area contributed by atoms with Crippen LogP contribution in [0.4, 0.5) is 11.4 Å². The van der Waals surface area contributed by atoms with E-state index in [0.29, 0.717) is 18.1 Å². The molecule has 1 N–H and O–H groups in total. The topological polar surface area (TPSA) is 87.4 Å². The number of hydrogen-bond donors (Lipinski definition) is 1. The predicted octanol–water partition coefficient (Wildman–Crippen LogP) is 4.03. The van der Waals surface area contributed by atoms with Gasteiger partial charge in [0.15, 0.2) is 0 Å². The lowest BCUT2D eigenvalue weighted by atomic mass is 10.2. The van der Waals surface area contributed by atoms with Crippen molar-refractivity contribution in [2.75, 3.05) is 36.4 Å². The normalized spacial score (nSPS) is 14.1. The molecule has 1 fully saturated rings. The number of hydrogen-bond acceptors (Lipinski definition) is 7. The van der Waals surface area contributed by atoms with Crippen molar-refractivity contribution in [3.05, 3.63) is 90.6 Å². The SMILES string of the molecule is O=C(CCc1nc(-c2ccncc2)no1)Nc1ccc(N2CCN(Cc3ccccc3)CC2)cc1. The largest absolute Gasteiger partial charge is 0.369 e. The summed E-state index contributed by atoms with van der Waals surface area (Å²) in [6.45, 7) is 5.04. The number of anilines is 2. The first-order valence-electron chi connectivity index (χ1n) is 11.9. The number of benzene rings is 2. The van der Waals surface area contributed by atoms with Crippen LogP contribution in [0, 0.1) is 0 Å². The molecule has 1 aliphatic heterocycles. The van der Waals surface area contributed by atoms with Gasteiger partial charge >= 0.3 is 0 Å². The van der Waals surface area contributed by atoms with E-state index in [2.05, 4.69) is 72.7 Å². The van der Waals surface area contributed by atoms with Crippen LogP contribution in [-0.2, 0) is 17.8 Å². The van der Waals surface area contributed by atoms with Gasteiger partial charge in [-0.2, -0.15) is 4.98 Å². The highest BCUT2D eigenvalue weighted by molar-refractivity contribution is 5.91. The molecule has 5 rings (SSSR count). The minimum Gasteiger partial charge on any atom is -0.369 e. The number of rotatable bonds is 8. The average Bonchev–Trinajstić information content (AvgIpc) is 3.39. The maximum absolute atomic E-state index is 12.4. The molecule has 0 aliphatic carbocycles. The molecule has 178 valence electrons. The van der Waals surface area contributed by atoms with Crippen molar-refractivity contribution < 1.29 is 9.32 Å². The van der Waals surface area contributed by atoms with Crippen LogP contribution in [0.5, 0.6) is 0 Å². The zero-order valence-corrected chi connectivity index (χ0v) is 19.5. The fourth-order valence-electron chi connectivity index (χ4n) is 4.18. The summed E-state index contributed by atoms with van der Waals surface area (Å²) in [6.07, 6.45) is 4.00. The quantitative estimate of drug-likeness (QED) is 0.418. The Bertz CT molecular complexity index is 1220. The lowest BCUT2D eigenvalue weighted by Gasteiger charge is -2.36. The van der Waals surface area contributed by atoms with Gasteiger partial charge in [0, 0.05) is 74.9 Å². The molecule has 0 spiro atoms. The average molecular weight is 469 g/mol. The summed E-state index contributed by atoms with van der Waals surface area (Å²) in [5, 5.41) is 6.93. The first kappa shape index (κ1) is 22.7. The standard InChI is InChI=1S/C27H28N6O2/c34-25(10-11-26-30-27(31-35-26)22-12-14-28-15-13-22)29-23-6-8-24(9-7-23)33-18-16-32(17-19-33)20-21-4-2-1-3-5-21/h1-9,12-15H,10-11,16-20H2,(H,29,34). The Hall–Kier alpha value is -4.04. The fraction of sp³-hybridized carbons (Fsp3) is 0.259. The molecular formula is C27H28N6O2. The number of carbonyl (C=O) groups excluding carboxylic acids is 1. The molecule has 8 heteroatoms. The van der Waals surface area contributed by atoms with Gasteiger partial charge in [-0.05, 0) is 42.0 Å². The second kappa shape index (κ2) is 10.9. The van der Waals surface area contributed by atoms with Crippen LogP contribution in [-0.4, -0.2) is 52.1 Å². The van der Waals surface area contributed by atoms with E-state index >= 15 is 0 Å². The molecule has 0 atom stereocenters. The van der Waals surface area contributed by atoms with Crippen LogP contribution in [0.1, 0.15) is 17.9 Å². The third kappa shape index (κ3) is 6.10. The molecular weight excluding hydrogens is 440 g/mol. The molecule has 2 aromatic heterocycles. The maximum atomic E-state index is 12.4. The highest BCUT2D eigenvalue weighted by atomic mass is 16.5. The Morgan fingerprint density at radius 2 is 1.66 bits per heavy atom. The van der Waals surface area contributed by atoms with Crippen LogP contribution in [0.3, 0.4) is 0 Å². The minimum atomic E-state index is -0.0871. The van der Waals surface area contributed by atoms with Crippen LogP contribution in [0.25, 0.3) is 11.4 Å². The minimum absolute atomic E-state index is 0.0871. The molecule has 0 unspecified atom stereocenters. The Kier molecular flexibility index (Phi) is 7.10. The summed E-state index contributed by atoms with van der Waals surface area (Å²) < 4.78 is 5.27. The summed E-state index contributed by atoms with van der Waals surface area (Å²) in [7, 11) is 0. The third-order valence-corrected chi connectivity index (χ3v) is 6.11. The maximum Gasteiger partial charge on any atom is 0.227 e. The highest BCUT2D eigenvalue weighted by Gasteiger charge is 2.17. The van der Waals surface area contributed by atoms with E-state index in [1.807, 2.05) is 24.3 Å². The van der Waals surface area contributed by atoms with E-state index in [4.69, 9.17) is 4.52 Å². The molecule has 0 bridgehead atoms. The van der Waals surface area contributed by atoms with Crippen molar-refractivity contribution in [3.63, 3.8) is 0 Å². The Morgan fingerprint density at radius 1 is 0.914 bits per heavy atom. The summed E-state index contributed by atoms with van der Waals surface area (Å²) in [4.78, 5) is 25.6. The van der Waals surface area contributed by atoms with Gasteiger partial charge < -0.3 is 14.7 Å². The zero-order valence-electron chi connectivity index (χ0n) is 19.5. The first-order chi connectivity index (χ1) is 17.2. The van der Waals surface area contributed by atoms with E-state index in [1.165, 1.54) is 11.3 Å². The van der Waals surface area contributed by atoms with E-state index in [0.717, 1.165) is 44.0 Å². The second-order valence-electron chi connectivity index (χ2n) is 8.59. The van der Waals surface area contributed by atoms with Crippen molar-refractivity contribution in [1.82, 2.24) is 20.0 Å². The number of aromatic nitrogens is 3. The van der Waals surface area contributed by atoms with Gasteiger partial charge in [0.1, 0.15) is 0 Å². The number of aryl methyl sites for hydroxylation is 1. The van der Waals surface area contributed by atoms with Crippen molar-refractivity contribution in [1.29, 1.82) is 0 Å². The number of nitrogens with one attached hydrogen (secondary N) is 1. The molecule has 1 aliphatic rings. The second-order valence-corrected chi connectivity index (χ2v) is 8.59. The van der Waals surface area contributed by atoms with Crippen molar-refractivity contribution in [2.24, 2.45) is 0 Å². The summed E-state index contributed by atoms with van der Waals surface area (Å²) >= 11 is 0. The highest BCUT2D eigenvalue weighted by Crippen LogP contribution is 2.21. The first-order valence-corrected chi connectivity index (χ1v) is 11.9. The number of amides is 1. The molecule has 2 aromatic carbocycles. The van der Waals surface area contributed by atoms with Crippen LogP contribution < -0.4 is 10.2 Å². The molecule has 3 heterocycles. The molecule has 4 aromatic rings. The van der Waals surface area contributed by atoms with E-state index in [-0.39, 0.29) is 12.3 Å². The lowest BCUT2D eigenvalue weighted by molar-refractivity contribution is -0.116. The number of nitrogens with zero attached hydrogens (tertiary/aromatic N) is 5. The lowest BCUT2D eigenvalue weighted by Crippen LogP contribution is -2.45. The number of pyridine rings is 1. The summed E-state index contributed by atoms with van der Waals surface area (Å²) in [6, 6.07) is 22.3. The Labute approximate surface area is 204 Å². The van der Waals surface area contributed by atoms with Gasteiger partial charge in [-0.1, -0.05) is 35.5 Å². The molecule has 0 radical (unpaired) electrons. The summed E-state index contributed by atoms with van der Waals surface area (Å²) in [5.41, 5.74) is 4.15. The van der Waals surface area contributed by atoms with E-state index < -0.39 is 0 Å². The zero-order chi connectivity index (χ0) is 23.9. The van der Waals surface area contributed by atoms with Crippen LogP contribution in [0.15, 0.2) is 83.6 Å². The van der Waals surface area contributed by atoms with E-state index in [9.17, 15) is 4.79 Å². The van der Waals surface area contributed by atoms with Gasteiger partial charge in [-0.25, -0.2) is 0 Å². The van der Waals surface area contributed by atoms with Gasteiger partial charge in [0.2, 0.25) is 17.6 Å². The van der Waals surface area contributed by atoms with Gasteiger partial charge in [0.25, 0.3) is 0 Å². The van der Waals surface area contributed by atoms with Gasteiger partial charge in [-0.15, -0.1) is 0 Å². The van der Waals surface area contributed by atoms with Gasteiger partial charge in [-0.3, -0.25) is 14.7 Å². The molecule has 8 nitrogen and oxygen atoms in total. The van der Waals surface area contributed by atoms with Crippen molar-refractivity contribution >= 4 is 17.3 Å². The Morgan fingerprint density at radius 3 is 2.40 bits per heavy atom. The third-order valence-electron chi connectivity index (χ3n) is 6.11. The van der Waals surface area contributed by atoms with Gasteiger partial charge in [0.05, 0.1) is 0 Å². The van der Waals surface area contributed by atoms with Crippen molar-refractivity contribution in [3.8, 4) is 11.4 Å². The number of carbonyl (C=O) groups is 1. The smallest absolute Gasteiger partial charge is 0.227 e. The van der Waals surface area contributed by atoms with Crippen LogP contribution >= 0.6 is 0 Å². The summed E-state index contributed by atoms with van der Waals surface area (Å²) in [5.74, 6) is 0.851. The molecule has 1 amide bonds. The molecule has 35 heavy (non-hydrogen) atoms. The Balaban J connectivity index is 1.07. The van der Waals surface area contributed by atoms with E-state index in [1.54, 1.807) is 12.4 Å². The van der Waals surface area contributed by atoms with Crippen LogP contribution in [0.2, 0.25) is 0 Å². The molecule has 1 saturated heterocycles. The predicted molar refractivity (Wildman–Crippen MR) is 135 cm³/mol. The number of piperazine rings is 1.